The van der Waals surface area contributed by atoms with Gasteiger partial charge < -0.3 is 14.8 Å². The Morgan fingerprint density at radius 2 is 1.90 bits per heavy atom. The highest BCUT2D eigenvalue weighted by molar-refractivity contribution is 7.85. The van der Waals surface area contributed by atoms with E-state index in [-0.39, 0.29) is 5.25 Å². The maximum absolute atomic E-state index is 12.8. The van der Waals surface area contributed by atoms with Crippen LogP contribution in [0.2, 0.25) is 0 Å². The molecule has 3 fully saturated rings. The molecular formula is C15H27NO3S. The Balaban J connectivity index is 1.65. The van der Waals surface area contributed by atoms with Crippen molar-refractivity contribution in [1.82, 2.24) is 5.32 Å². The van der Waals surface area contributed by atoms with Crippen molar-refractivity contribution in [2.75, 3.05) is 26.0 Å². The van der Waals surface area contributed by atoms with Gasteiger partial charge in [0.25, 0.3) is 0 Å². The van der Waals surface area contributed by atoms with E-state index in [9.17, 15) is 4.21 Å². The number of rotatable bonds is 4. The first-order valence-corrected chi connectivity index (χ1v) is 9.43. The summed E-state index contributed by atoms with van der Waals surface area (Å²) in [6.07, 6.45) is 7.88. The van der Waals surface area contributed by atoms with E-state index < -0.39 is 16.6 Å². The van der Waals surface area contributed by atoms with E-state index >= 15 is 0 Å². The van der Waals surface area contributed by atoms with Crippen molar-refractivity contribution >= 4 is 10.8 Å². The molecule has 3 rings (SSSR count). The predicted octanol–water partition coefficient (Wildman–Crippen LogP) is 1.81. The molecular weight excluding hydrogens is 274 g/mol. The van der Waals surface area contributed by atoms with Crippen LogP contribution in [0.4, 0.5) is 0 Å². The summed E-state index contributed by atoms with van der Waals surface area (Å²) in [5.74, 6) is 1.12. The molecule has 0 radical (unpaired) electrons. The second-order valence-electron chi connectivity index (χ2n) is 6.48. The average molecular weight is 301 g/mol. The van der Waals surface area contributed by atoms with Gasteiger partial charge in [-0.2, -0.15) is 0 Å². The third-order valence-corrected chi connectivity index (χ3v) is 7.16. The van der Waals surface area contributed by atoms with Crippen LogP contribution in [-0.2, 0) is 20.3 Å². The van der Waals surface area contributed by atoms with E-state index in [0.717, 1.165) is 25.0 Å². The summed E-state index contributed by atoms with van der Waals surface area (Å²) in [6, 6.07) is 0.343. The first-order chi connectivity index (χ1) is 9.72. The molecule has 0 aromatic rings. The number of nitrogens with one attached hydrogen (secondary N) is 1. The van der Waals surface area contributed by atoms with Crippen LogP contribution < -0.4 is 5.32 Å². The number of ether oxygens (including phenoxy) is 2. The van der Waals surface area contributed by atoms with Gasteiger partial charge in [0.2, 0.25) is 0 Å². The Hall–Kier alpha value is 0.0300. The summed E-state index contributed by atoms with van der Waals surface area (Å²) in [5, 5.41) is 3.54. The molecule has 4 nitrogen and oxygen atoms in total. The lowest BCUT2D eigenvalue weighted by molar-refractivity contribution is -0.178. The predicted molar refractivity (Wildman–Crippen MR) is 80.1 cm³/mol. The summed E-state index contributed by atoms with van der Waals surface area (Å²) in [7, 11) is 1.21. The van der Waals surface area contributed by atoms with Crippen LogP contribution in [0.3, 0.4) is 0 Å². The lowest BCUT2D eigenvalue weighted by Crippen LogP contribution is -2.52. The van der Waals surface area contributed by atoms with Crippen LogP contribution in [0.1, 0.15) is 44.9 Å². The topological polar surface area (TPSA) is 47.6 Å². The molecule has 0 aromatic carbocycles. The van der Waals surface area contributed by atoms with Gasteiger partial charge >= 0.3 is 0 Å². The molecule has 116 valence electrons. The van der Waals surface area contributed by atoms with E-state index in [4.69, 9.17) is 9.47 Å². The highest BCUT2D eigenvalue weighted by atomic mass is 32.2. The van der Waals surface area contributed by atoms with E-state index in [1.54, 1.807) is 0 Å². The Labute approximate surface area is 124 Å². The molecule has 0 aromatic heterocycles. The molecule has 1 heterocycles. The fraction of sp³-hybridized carbons (Fsp3) is 1.00. The fourth-order valence-electron chi connectivity index (χ4n) is 4.01. The van der Waals surface area contributed by atoms with Gasteiger partial charge in [-0.1, -0.05) is 12.8 Å². The maximum atomic E-state index is 12.8. The van der Waals surface area contributed by atoms with Crippen LogP contribution >= 0.6 is 0 Å². The normalized spacial score (nSPS) is 35.6. The quantitative estimate of drug-likeness (QED) is 0.860. The molecule has 3 aliphatic rings. The summed E-state index contributed by atoms with van der Waals surface area (Å²) in [4.78, 5) is 0. The standard InChI is InChI=1S/C15H27NO3S/c1-16-13-6-7-15(18-8-9-19-15)10-14(13)20(17)11-12-4-2-3-5-12/h12-14,16H,2-11H2,1H3. The summed E-state index contributed by atoms with van der Waals surface area (Å²) < 4.78 is 24.5. The molecule has 1 saturated heterocycles. The minimum absolute atomic E-state index is 0.174. The van der Waals surface area contributed by atoms with Crippen LogP contribution in [0.5, 0.6) is 0 Å². The highest BCUT2D eigenvalue weighted by Crippen LogP contribution is 2.38. The molecule has 0 bridgehead atoms. The molecule has 20 heavy (non-hydrogen) atoms. The van der Waals surface area contributed by atoms with Gasteiger partial charge in [-0.3, -0.25) is 4.21 Å². The first kappa shape index (κ1) is 14.9. The van der Waals surface area contributed by atoms with Gasteiger partial charge in [-0.15, -0.1) is 0 Å². The molecule has 3 atom stereocenters. The highest BCUT2D eigenvalue weighted by Gasteiger charge is 2.46. The summed E-state index contributed by atoms with van der Waals surface area (Å²) in [5.41, 5.74) is 0. The van der Waals surface area contributed by atoms with Crippen molar-refractivity contribution < 1.29 is 13.7 Å². The molecule has 2 aliphatic carbocycles. The molecule has 1 aliphatic heterocycles. The largest absolute Gasteiger partial charge is 0.347 e. The van der Waals surface area contributed by atoms with Crippen molar-refractivity contribution in [3.8, 4) is 0 Å². The van der Waals surface area contributed by atoms with Gasteiger partial charge in [0.1, 0.15) is 0 Å². The number of hydrogen-bond donors (Lipinski definition) is 1. The van der Waals surface area contributed by atoms with Gasteiger partial charge in [0.05, 0.1) is 18.5 Å². The zero-order valence-corrected chi connectivity index (χ0v) is 13.3. The minimum atomic E-state index is -0.771. The van der Waals surface area contributed by atoms with Crippen molar-refractivity contribution in [3.63, 3.8) is 0 Å². The summed E-state index contributed by atoms with van der Waals surface area (Å²) in [6.45, 7) is 1.37. The van der Waals surface area contributed by atoms with Crippen molar-refractivity contribution in [2.45, 2.75) is 62.0 Å². The van der Waals surface area contributed by atoms with Crippen LogP contribution in [0.15, 0.2) is 0 Å². The zero-order chi connectivity index (χ0) is 14.0. The Morgan fingerprint density at radius 3 is 2.55 bits per heavy atom. The molecule has 0 amide bonds. The molecule has 5 heteroatoms. The minimum Gasteiger partial charge on any atom is -0.347 e. The van der Waals surface area contributed by atoms with E-state index in [0.29, 0.717) is 25.2 Å². The van der Waals surface area contributed by atoms with Gasteiger partial charge in [0.15, 0.2) is 5.79 Å². The Bertz CT molecular complexity index is 351. The third-order valence-electron chi connectivity index (χ3n) is 5.19. The smallest absolute Gasteiger partial charge is 0.169 e. The SMILES string of the molecule is CNC1CCC2(CC1S(=O)CC1CCCC1)OCCO2. The second kappa shape index (κ2) is 6.42. The van der Waals surface area contributed by atoms with E-state index in [1.807, 2.05) is 7.05 Å². The molecule has 2 saturated carbocycles. The number of hydrogen-bond acceptors (Lipinski definition) is 4. The van der Waals surface area contributed by atoms with Crippen molar-refractivity contribution in [3.05, 3.63) is 0 Å². The van der Waals surface area contributed by atoms with E-state index in [2.05, 4.69) is 5.32 Å². The Kier molecular flexibility index (Phi) is 4.80. The lowest BCUT2D eigenvalue weighted by atomic mass is 9.89. The lowest BCUT2D eigenvalue weighted by Gasteiger charge is -2.40. The van der Waals surface area contributed by atoms with Crippen molar-refractivity contribution in [1.29, 1.82) is 0 Å². The second-order valence-corrected chi connectivity index (χ2v) is 8.18. The molecule has 3 unspecified atom stereocenters. The average Bonchev–Trinajstić information content (AvgIpc) is 3.11. The van der Waals surface area contributed by atoms with Gasteiger partial charge in [-0.25, -0.2) is 0 Å². The summed E-state index contributed by atoms with van der Waals surface area (Å²) >= 11 is 0. The first-order valence-electron chi connectivity index (χ1n) is 8.05. The monoisotopic (exact) mass is 301 g/mol. The third kappa shape index (κ3) is 3.11. The van der Waals surface area contributed by atoms with Crippen LogP contribution in [-0.4, -0.2) is 47.3 Å². The molecule has 1 N–H and O–H groups in total. The van der Waals surface area contributed by atoms with E-state index in [1.165, 1.54) is 25.7 Å². The van der Waals surface area contributed by atoms with Gasteiger partial charge in [0, 0.05) is 35.4 Å². The maximum Gasteiger partial charge on any atom is 0.169 e. The van der Waals surface area contributed by atoms with Crippen LogP contribution in [0, 0.1) is 5.92 Å². The fourth-order valence-corrected chi connectivity index (χ4v) is 6.13. The van der Waals surface area contributed by atoms with Crippen molar-refractivity contribution in [2.24, 2.45) is 5.92 Å². The zero-order valence-electron chi connectivity index (χ0n) is 12.4. The molecule has 1 spiro atoms. The Morgan fingerprint density at radius 1 is 1.20 bits per heavy atom. The van der Waals surface area contributed by atoms with Gasteiger partial charge in [-0.05, 0) is 32.2 Å². The van der Waals surface area contributed by atoms with Crippen LogP contribution in [0.25, 0.3) is 0 Å².